The van der Waals surface area contributed by atoms with E-state index in [2.05, 4.69) is 65.4 Å². The lowest BCUT2D eigenvalue weighted by atomic mass is 10.2. The molecule has 0 atom stereocenters. The van der Waals surface area contributed by atoms with Crippen LogP contribution in [-0.4, -0.2) is 0 Å². The van der Waals surface area contributed by atoms with E-state index in [-0.39, 0.29) is 0 Å². The molecule has 0 aliphatic heterocycles. The molecule has 0 radical (unpaired) electrons. The number of nitrogens with one attached hydrogen (secondary N) is 1. The molecule has 16 heavy (non-hydrogen) atoms. The summed E-state index contributed by atoms with van der Waals surface area (Å²) in [4.78, 5) is 2.74. The summed E-state index contributed by atoms with van der Waals surface area (Å²) in [5.74, 6) is 0. The van der Waals surface area contributed by atoms with E-state index in [0.29, 0.717) is 0 Å². The van der Waals surface area contributed by atoms with Gasteiger partial charge in [0.05, 0.1) is 0 Å². The van der Waals surface area contributed by atoms with Gasteiger partial charge in [-0.1, -0.05) is 15.9 Å². The van der Waals surface area contributed by atoms with Crippen LogP contribution >= 0.6 is 27.3 Å². The van der Waals surface area contributed by atoms with Gasteiger partial charge in [-0.25, -0.2) is 0 Å². The molecule has 2 aromatic rings. The fraction of sp³-hybridized carbons (Fsp3) is 0.231. The number of hydrogen-bond acceptors (Lipinski definition) is 2. The zero-order valence-electron chi connectivity index (χ0n) is 9.38. The Morgan fingerprint density at radius 2 is 2.00 bits per heavy atom. The van der Waals surface area contributed by atoms with Crippen molar-refractivity contribution in [2.24, 2.45) is 0 Å². The largest absolute Gasteiger partial charge is 0.380 e. The summed E-state index contributed by atoms with van der Waals surface area (Å²) in [7, 11) is 0. The lowest BCUT2D eigenvalue weighted by Gasteiger charge is -2.06. The van der Waals surface area contributed by atoms with E-state index in [1.807, 2.05) is 11.3 Å². The van der Waals surface area contributed by atoms with E-state index in [0.717, 1.165) is 11.0 Å². The second-order valence-electron chi connectivity index (χ2n) is 3.83. The molecule has 0 bridgehead atoms. The molecular formula is C13H14BrNS. The van der Waals surface area contributed by atoms with E-state index in [9.17, 15) is 0 Å². The summed E-state index contributed by atoms with van der Waals surface area (Å²) in [5.41, 5.74) is 2.43. The molecule has 0 saturated carbocycles. The second kappa shape index (κ2) is 5.02. The van der Waals surface area contributed by atoms with Crippen molar-refractivity contribution < 1.29 is 0 Å². The number of thiophene rings is 1. The topological polar surface area (TPSA) is 12.0 Å². The number of aryl methyl sites for hydroxylation is 2. The van der Waals surface area contributed by atoms with Gasteiger partial charge in [0.1, 0.15) is 0 Å². The molecule has 84 valence electrons. The molecule has 2 rings (SSSR count). The Bertz CT molecular complexity index is 490. The van der Waals surface area contributed by atoms with Crippen LogP contribution in [-0.2, 0) is 6.54 Å². The van der Waals surface area contributed by atoms with Crippen molar-refractivity contribution in [3.05, 3.63) is 50.1 Å². The van der Waals surface area contributed by atoms with E-state index >= 15 is 0 Å². The molecule has 0 aliphatic rings. The first-order valence-electron chi connectivity index (χ1n) is 5.20. The van der Waals surface area contributed by atoms with Gasteiger partial charge in [0.25, 0.3) is 0 Å². The highest BCUT2D eigenvalue weighted by molar-refractivity contribution is 9.10. The first kappa shape index (κ1) is 11.7. The van der Waals surface area contributed by atoms with Gasteiger partial charge < -0.3 is 5.32 Å². The summed E-state index contributed by atoms with van der Waals surface area (Å²) < 4.78 is 1.16. The Labute approximate surface area is 109 Å². The third-order valence-corrected chi connectivity index (χ3v) is 4.31. The van der Waals surface area contributed by atoms with Crippen LogP contribution < -0.4 is 5.32 Å². The molecule has 0 amide bonds. The van der Waals surface area contributed by atoms with E-state index in [4.69, 9.17) is 0 Å². The fourth-order valence-electron chi connectivity index (χ4n) is 1.52. The highest BCUT2D eigenvalue weighted by Crippen LogP contribution is 2.21. The normalized spacial score (nSPS) is 10.4. The van der Waals surface area contributed by atoms with Crippen LogP contribution in [0.15, 0.2) is 34.8 Å². The van der Waals surface area contributed by atoms with Crippen LogP contribution in [0.2, 0.25) is 0 Å². The second-order valence-corrected chi connectivity index (χ2v) is 6.06. The summed E-state index contributed by atoms with van der Waals surface area (Å²) >= 11 is 5.35. The summed E-state index contributed by atoms with van der Waals surface area (Å²) in [5, 5.41) is 3.43. The van der Waals surface area contributed by atoms with Gasteiger partial charge in [0.2, 0.25) is 0 Å². The van der Waals surface area contributed by atoms with Gasteiger partial charge in [-0.2, -0.15) is 0 Å². The summed E-state index contributed by atoms with van der Waals surface area (Å²) in [6, 6.07) is 10.7. The highest BCUT2D eigenvalue weighted by atomic mass is 79.9. The predicted octanol–water partition coefficient (Wildman–Crippen LogP) is 4.74. The van der Waals surface area contributed by atoms with Crippen molar-refractivity contribution >= 4 is 33.0 Å². The number of halogens is 1. The maximum Gasteiger partial charge on any atom is 0.0494 e. The third kappa shape index (κ3) is 2.86. The monoisotopic (exact) mass is 295 g/mol. The standard InChI is InChI=1S/C13H14BrNS/c1-9-7-11(4-6-13(9)14)15-8-12-5-3-10(2)16-12/h3-7,15H,8H2,1-2H3. The highest BCUT2D eigenvalue weighted by Gasteiger charge is 1.99. The van der Waals surface area contributed by atoms with Gasteiger partial charge in [-0.15, -0.1) is 11.3 Å². The molecule has 0 saturated heterocycles. The Kier molecular flexibility index (Phi) is 3.66. The number of anilines is 1. The lowest BCUT2D eigenvalue weighted by Crippen LogP contribution is -1.97. The maximum absolute atomic E-state index is 3.50. The van der Waals surface area contributed by atoms with Crippen LogP contribution in [0.5, 0.6) is 0 Å². The minimum absolute atomic E-state index is 0.902. The zero-order valence-corrected chi connectivity index (χ0v) is 11.8. The SMILES string of the molecule is Cc1ccc(CNc2ccc(Br)c(C)c2)s1. The molecular weight excluding hydrogens is 282 g/mol. The predicted molar refractivity (Wildman–Crippen MR) is 75.3 cm³/mol. The molecule has 1 N–H and O–H groups in total. The Hall–Kier alpha value is -0.800. The molecule has 3 heteroatoms. The number of benzene rings is 1. The van der Waals surface area contributed by atoms with Crippen molar-refractivity contribution in [3.63, 3.8) is 0 Å². The van der Waals surface area contributed by atoms with Crippen LogP contribution in [0.25, 0.3) is 0 Å². The molecule has 0 fully saturated rings. The fourth-order valence-corrected chi connectivity index (χ4v) is 2.60. The molecule has 1 aromatic heterocycles. The first-order valence-corrected chi connectivity index (χ1v) is 6.81. The molecule has 0 aliphatic carbocycles. The Morgan fingerprint density at radius 1 is 1.19 bits per heavy atom. The molecule has 0 spiro atoms. The Balaban J connectivity index is 2.02. The molecule has 1 heterocycles. The third-order valence-electron chi connectivity index (χ3n) is 2.42. The van der Waals surface area contributed by atoms with Crippen molar-refractivity contribution in [1.29, 1.82) is 0 Å². The van der Waals surface area contributed by atoms with Crippen LogP contribution in [0, 0.1) is 13.8 Å². The van der Waals surface area contributed by atoms with Gasteiger partial charge in [0.15, 0.2) is 0 Å². The summed E-state index contributed by atoms with van der Waals surface area (Å²) in [6.07, 6.45) is 0. The van der Waals surface area contributed by atoms with Crippen LogP contribution in [0.3, 0.4) is 0 Å². The minimum atomic E-state index is 0.902. The van der Waals surface area contributed by atoms with Crippen molar-refractivity contribution in [2.75, 3.05) is 5.32 Å². The zero-order chi connectivity index (χ0) is 11.5. The van der Waals surface area contributed by atoms with Crippen molar-refractivity contribution in [2.45, 2.75) is 20.4 Å². The molecule has 1 aromatic carbocycles. The van der Waals surface area contributed by atoms with E-state index < -0.39 is 0 Å². The quantitative estimate of drug-likeness (QED) is 0.862. The van der Waals surface area contributed by atoms with Crippen molar-refractivity contribution in [3.8, 4) is 0 Å². The average Bonchev–Trinajstić information content (AvgIpc) is 2.66. The first-order chi connectivity index (χ1) is 7.65. The molecule has 1 nitrogen and oxygen atoms in total. The number of rotatable bonds is 3. The maximum atomic E-state index is 3.50. The smallest absolute Gasteiger partial charge is 0.0494 e. The lowest BCUT2D eigenvalue weighted by molar-refractivity contribution is 1.19. The van der Waals surface area contributed by atoms with Crippen molar-refractivity contribution in [1.82, 2.24) is 0 Å². The average molecular weight is 296 g/mol. The van der Waals surface area contributed by atoms with Gasteiger partial charge in [-0.05, 0) is 49.7 Å². The number of hydrogen-bond donors (Lipinski definition) is 1. The summed E-state index contributed by atoms with van der Waals surface area (Å²) in [6.45, 7) is 5.14. The van der Waals surface area contributed by atoms with E-state index in [1.165, 1.54) is 21.0 Å². The molecule has 0 unspecified atom stereocenters. The van der Waals surface area contributed by atoms with Gasteiger partial charge in [0, 0.05) is 26.5 Å². The Morgan fingerprint density at radius 3 is 2.62 bits per heavy atom. The van der Waals surface area contributed by atoms with Gasteiger partial charge in [-0.3, -0.25) is 0 Å². The van der Waals surface area contributed by atoms with Gasteiger partial charge >= 0.3 is 0 Å². The van der Waals surface area contributed by atoms with Crippen LogP contribution in [0.4, 0.5) is 5.69 Å². The minimum Gasteiger partial charge on any atom is -0.380 e. The van der Waals surface area contributed by atoms with E-state index in [1.54, 1.807) is 0 Å². The van der Waals surface area contributed by atoms with Crippen LogP contribution in [0.1, 0.15) is 15.3 Å².